The average Bonchev–Trinajstić information content (AvgIpc) is 3.23. The molecule has 1 heterocycles. The Kier molecular flexibility index (Phi) is 5.01. The zero-order valence-corrected chi connectivity index (χ0v) is 15.2. The van der Waals surface area contributed by atoms with Crippen molar-refractivity contribution >= 4 is 16.7 Å². The molecule has 4 rings (SSSR count). The van der Waals surface area contributed by atoms with E-state index >= 15 is 0 Å². The highest BCUT2D eigenvalue weighted by molar-refractivity contribution is 5.83. The molecule has 0 aliphatic heterocycles. The lowest BCUT2D eigenvalue weighted by Crippen LogP contribution is -2.17. The van der Waals surface area contributed by atoms with Crippen LogP contribution in [-0.2, 0) is 9.53 Å². The number of aromatic nitrogens is 2. The Morgan fingerprint density at radius 2 is 1.71 bits per heavy atom. The van der Waals surface area contributed by atoms with E-state index in [4.69, 9.17) is 13.9 Å². The van der Waals surface area contributed by atoms with Crippen LogP contribution in [0.15, 0.2) is 77.2 Å². The minimum atomic E-state index is -0.669. The van der Waals surface area contributed by atoms with E-state index in [0.29, 0.717) is 11.6 Å². The molecule has 0 spiro atoms. The molecule has 28 heavy (non-hydrogen) atoms. The Morgan fingerprint density at radius 3 is 2.54 bits per heavy atom. The summed E-state index contributed by atoms with van der Waals surface area (Å²) in [5, 5.41) is 10.1. The fourth-order valence-electron chi connectivity index (χ4n) is 2.78. The van der Waals surface area contributed by atoms with Crippen molar-refractivity contribution in [3.63, 3.8) is 0 Å². The number of carbonyl (C=O) groups is 1. The lowest BCUT2D eigenvalue weighted by molar-refractivity contribution is -0.152. The Bertz CT molecular complexity index is 1090. The summed E-state index contributed by atoms with van der Waals surface area (Å²) in [6, 6.07) is 23.0. The summed E-state index contributed by atoms with van der Waals surface area (Å²) < 4.78 is 16.5. The summed E-state index contributed by atoms with van der Waals surface area (Å²) in [4.78, 5) is 12.1. The molecular weight excluding hydrogens is 356 g/mol. The van der Waals surface area contributed by atoms with Crippen molar-refractivity contribution in [3.05, 3.63) is 78.7 Å². The van der Waals surface area contributed by atoms with Gasteiger partial charge in [0.15, 0.2) is 12.7 Å². The number of carbonyl (C=O) groups excluding carboxylic acids is 1. The van der Waals surface area contributed by atoms with Crippen LogP contribution in [0.3, 0.4) is 0 Å². The Morgan fingerprint density at radius 1 is 0.964 bits per heavy atom. The van der Waals surface area contributed by atoms with Gasteiger partial charge in [0.25, 0.3) is 5.89 Å². The van der Waals surface area contributed by atoms with Gasteiger partial charge in [0.05, 0.1) is 0 Å². The predicted octanol–water partition coefficient (Wildman–Crippen LogP) is 4.57. The third kappa shape index (κ3) is 4.01. The minimum absolute atomic E-state index is 0.206. The molecule has 3 aromatic carbocycles. The molecule has 0 bridgehead atoms. The maximum atomic E-state index is 12.1. The van der Waals surface area contributed by atoms with Gasteiger partial charge in [0, 0.05) is 5.56 Å². The lowest BCUT2D eigenvalue weighted by Gasteiger charge is -2.10. The fourth-order valence-corrected chi connectivity index (χ4v) is 2.78. The van der Waals surface area contributed by atoms with Crippen LogP contribution in [0.2, 0.25) is 0 Å². The Labute approximate surface area is 161 Å². The van der Waals surface area contributed by atoms with Crippen LogP contribution in [-0.4, -0.2) is 22.8 Å². The molecule has 1 aromatic heterocycles. The molecule has 0 saturated carbocycles. The average molecular weight is 374 g/mol. The number of esters is 1. The largest absolute Gasteiger partial charge is 0.482 e. The first-order chi connectivity index (χ1) is 13.7. The Balaban J connectivity index is 1.35. The maximum absolute atomic E-state index is 12.1. The molecule has 6 heteroatoms. The third-order valence-corrected chi connectivity index (χ3v) is 4.19. The summed E-state index contributed by atoms with van der Waals surface area (Å²) in [6.07, 6.45) is -0.669. The SMILES string of the molecule is C[C@@H](OC(=O)COc1ccc2ccccc2c1)c1nnc(-c2ccccc2)o1. The van der Waals surface area contributed by atoms with Crippen LogP contribution in [0, 0.1) is 0 Å². The van der Waals surface area contributed by atoms with Crippen LogP contribution in [0.25, 0.3) is 22.2 Å². The van der Waals surface area contributed by atoms with E-state index in [0.717, 1.165) is 16.3 Å². The van der Waals surface area contributed by atoms with Gasteiger partial charge in [-0.15, -0.1) is 10.2 Å². The molecule has 0 unspecified atom stereocenters. The zero-order valence-electron chi connectivity index (χ0n) is 15.2. The van der Waals surface area contributed by atoms with Gasteiger partial charge < -0.3 is 13.9 Å². The van der Waals surface area contributed by atoms with Gasteiger partial charge in [0.1, 0.15) is 5.75 Å². The number of benzene rings is 3. The normalized spacial score (nSPS) is 11.9. The first kappa shape index (κ1) is 17.7. The molecule has 0 aliphatic rings. The van der Waals surface area contributed by atoms with Crippen LogP contribution in [0.5, 0.6) is 5.75 Å². The maximum Gasteiger partial charge on any atom is 0.344 e. The highest BCUT2D eigenvalue weighted by atomic mass is 16.6. The topological polar surface area (TPSA) is 74.5 Å². The first-order valence-corrected chi connectivity index (χ1v) is 8.89. The van der Waals surface area contributed by atoms with Crippen molar-refractivity contribution in [1.29, 1.82) is 0 Å². The number of hydrogen-bond acceptors (Lipinski definition) is 6. The van der Waals surface area contributed by atoms with E-state index < -0.39 is 12.1 Å². The molecule has 0 amide bonds. The van der Waals surface area contributed by atoms with Gasteiger partial charge in [-0.1, -0.05) is 48.5 Å². The standard InChI is InChI=1S/C22H18N2O4/c1-15(21-23-24-22(28-21)17-8-3-2-4-9-17)27-20(25)14-26-19-12-11-16-7-5-6-10-18(16)13-19/h2-13,15H,14H2,1H3/t15-/m1/s1. The van der Waals surface area contributed by atoms with Gasteiger partial charge in [0.2, 0.25) is 5.89 Å². The monoisotopic (exact) mass is 374 g/mol. The smallest absolute Gasteiger partial charge is 0.344 e. The molecule has 0 fully saturated rings. The lowest BCUT2D eigenvalue weighted by atomic mass is 10.1. The van der Waals surface area contributed by atoms with Crippen LogP contribution in [0.1, 0.15) is 18.9 Å². The van der Waals surface area contributed by atoms with E-state index in [1.54, 1.807) is 6.92 Å². The van der Waals surface area contributed by atoms with Crippen molar-refractivity contribution in [3.8, 4) is 17.2 Å². The van der Waals surface area contributed by atoms with Gasteiger partial charge in [-0.2, -0.15) is 0 Å². The predicted molar refractivity (Wildman–Crippen MR) is 104 cm³/mol. The molecule has 140 valence electrons. The summed E-state index contributed by atoms with van der Waals surface area (Å²) in [5.41, 5.74) is 0.805. The second-order valence-corrected chi connectivity index (χ2v) is 6.24. The van der Waals surface area contributed by atoms with Gasteiger partial charge in [-0.25, -0.2) is 4.79 Å². The molecule has 0 N–H and O–H groups in total. The molecule has 0 saturated heterocycles. The van der Waals surface area contributed by atoms with E-state index in [1.165, 1.54) is 0 Å². The van der Waals surface area contributed by atoms with Crippen molar-refractivity contribution < 1.29 is 18.7 Å². The quantitative estimate of drug-likeness (QED) is 0.460. The van der Waals surface area contributed by atoms with E-state index in [1.807, 2.05) is 72.8 Å². The molecule has 0 aliphatic carbocycles. The number of fused-ring (bicyclic) bond motifs is 1. The van der Waals surface area contributed by atoms with Crippen molar-refractivity contribution in [2.24, 2.45) is 0 Å². The van der Waals surface area contributed by atoms with Gasteiger partial charge in [-0.3, -0.25) is 0 Å². The number of nitrogens with zero attached hydrogens (tertiary/aromatic N) is 2. The van der Waals surface area contributed by atoms with Crippen LogP contribution >= 0.6 is 0 Å². The minimum Gasteiger partial charge on any atom is -0.482 e. The third-order valence-electron chi connectivity index (χ3n) is 4.19. The van der Waals surface area contributed by atoms with Crippen LogP contribution in [0.4, 0.5) is 0 Å². The molecular formula is C22H18N2O4. The highest BCUT2D eigenvalue weighted by Gasteiger charge is 2.19. The van der Waals surface area contributed by atoms with E-state index in [2.05, 4.69) is 10.2 Å². The number of ether oxygens (including phenoxy) is 2. The van der Waals surface area contributed by atoms with Crippen LogP contribution < -0.4 is 4.74 Å². The van der Waals surface area contributed by atoms with Crippen molar-refractivity contribution in [2.75, 3.05) is 6.61 Å². The highest BCUT2D eigenvalue weighted by Crippen LogP contribution is 2.23. The van der Waals surface area contributed by atoms with Gasteiger partial charge >= 0.3 is 5.97 Å². The molecule has 6 nitrogen and oxygen atoms in total. The van der Waals surface area contributed by atoms with E-state index in [-0.39, 0.29) is 12.5 Å². The van der Waals surface area contributed by atoms with Crippen molar-refractivity contribution in [2.45, 2.75) is 13.0 Å². The number of rotatable bonds is 6. The van der Waals surface area contributed by atoms with E-state index in [9.17, 15) is 4.79 Å². The van der Waals surface area contributed by atoms with Crippen molar-refractivity contribution in [1.82, 2.24) is 10.2 Å². The molecule has 0 radical (unpaired) electrons. The second-order valence-electron chi connectivity index (χ2n) is 6.24. The summed E-state index contributed by atoms with van der Waals surface area (Å²) in [5.74, 6) is 0.705. The summed E-state index contributed by atoms with van der Waals surface area (Å²) in [7, 11) is 0. The zero-order chi connectivity index (χ0) is 19.3. The van der Waals surface area contributed by atoms with Gasteiger partial charge in [-0.05, 0) is 42.0 Å². The Hall–Kier alpha value is -3.67. The first-order valence-electron chi connectivity index (χ1n) is 8.89. The summed E-state index contributed by atoms with van der Waals surface area (Å²) >= 11 is 0. The fraction of sp³-hybridized carbons (Fsp3) is 0.136. The second kappa shape index (κ2) is 7.92. The summed E-state index contributed by atoms with van der Waals surface area (Å²) in [6.45, 7) is 1.47. The molecule has 1 atom stereocenters. The molecule has 4 aromatic rings. The number of hydrogen-bond donors (Lipinski definition) is 0.